The molecular formula is C12H17N3O5. The van der Waals surface area contributed by atoms with Crippen LogP contribution >= 0.6 is 0 Å². The first-order chi connectivity index (χ1) is 9.38. The van der Waals surface area contributed by atoms with Crippen molar-refractivity contribution in [2.45, 2.75) is 26.3 Å². The van der Waals surface area contributed by atoms with Gasteiger partial charge in [-0.1, -0.05) is 0 Å². The second-order valence-corrected chi connectivity index (χ2v) is 4.47. The lowest BCUT2D eigenvalue weighted by Gasteiger charge is -2.27. The van der Waals surface area contributed by atoms with E-state index in [2.05, 4.69) is 4.98 Å². The van der Waals surface area contributed by atoms with E-state index in [0.717, 1.165) is 12.1 Å². The Balaban J connectivity index is 3.30. The summed E-state index contributed by atoms with van der Waals surface area (Å²) >= 11 is 0. The summed E-state index contributed by atoms with van der Waals surface area (Å²) in [6.07, 6.45) is 0.411. The molecule has 0 saturated heterocycles. The molecule has 0 saturated carbocycles. The number of hydrogen-bond acceptors (Lipinski definition) is 6. The van der Waals surface area contributed by atoms with Gasteiger partial charge in [0.05, 0.1) is 4.92 Å². The van der Waals surface area contributed by atoms with Crippen LogP contribution in [0, 0.1) is 10.1 Å². The molecule has 2 N–H and O–H groups in total. The lowest BCUT2D eigenvalue weighted by Crippen LogP contribution is -2.33. The minimum atomic E-state index is -1.24. The molecular weight excluding hydrogens is 266 g/mol. The maximum Gasteiger partial charge on any atom is 0.354 e. The Kier molecular flexibility index (Phi) is 5.39. The average Bonchev–Trinajstić information content (AvgIpc) is 2.38. The van der Waals surface area contributed by atoms with Crippen LogP contribution in [-0.2, 0) is 0 Å². The second kappa shape index (κ2) is 6.80. The highest BCUT2D eigenvalue weighted by atomic mass is 16.6. The minimum Gasteiger partial charge on any atom is -0.477 e. The van der Waals surface area contributed by atoms with Gasteiger partial charge in [0.2, 0.25) is 5.82 Å². The average molecular weight is 283 g/mol. The van der Waals surface area contributed by atoms with Crippen molar-refractivity contribution < 1.29 is 19.9 Å². The van der Waals surface area contributed by atoms with Gasteiger partial charge in [-0.25, -0.2) is 9.78 Å². The van der Waals surface area contributed by atoms with Crippen molar-refractivity contribution >= 4 is 17.5 Å². The zero-order valence-corrected chi connectivity index (χ0v) is 11.3. The van der Waals surface area contributed by atoms with Gasteiger partial charge >= 0.3 is 11.7 Å². The Hall–Kier alpha value is -2.22. The number of nitro groups is 1. The van der Waals surface area contributed by atoms with Crippen molar-refractivity contribution in [2.75, 3.05) is 18.1 Å². The highest BCUT2D eigenvalue weighted by Gasteiger charge is 2.24. The molecule has 8 nitrogen and oxygen atoms in total. The van der Waals surface area contributed by atoms with Crippen LogP contribution in [0.4, 0.5) is 11.5 Å². The summed E-state index contributed by atoms with van der Waals surface area (Å²) in [5.41, 5.74) is -0.498. The van der Waals surface area contributed by atoms with Gasteiger partial charge in [0, 0.05) is 25.3 Å². The molecule has 0 aromatic carbocycles. The molecule has 1 rings (SSSR count). The molecule has 1 aromatic rings. The number of aliphatic hydroxyl groups is 1. The van der Waals surface area contributed by atoms with Gasteiger partial charge < -0.3 is 15.1 Å². The van der Waals surface area contributed by atoms with Crippen molar-refractivity contribution in [3.05, 3.63) is 27.9 Å². The first kappa shape index (κ1) is 15.8. The van der Waals surface area contributed by atoms with Crippen molar-refractivity contribution in [1.29, 1.82) is 0 Å². The van der Waals surface area contributed by atoms with E-state index in [4.69, 9.17) is 10.2 Å². The largest absolute Gasteiger partial charge is 0.477 e. The smallest absolute Gasteiger partial charge is 0.354 e. The zero-order chi connectivity index (χ0) is 15.3. The number of carboxylic acids is 1. The summed E-state index contributed by atoms with van der Waals surface area (Å²) in [7, 11) is 0. The van der Waals surface area contributed by atoms with Crippen LogP contribution in [0.25, 0.3) is 0 Å². The third kappa shape index (κ3) is 3.64. The minimum absolute atomic E-state index is 0.0124. The van der Waals surface area contributed by atoms with Crippen LogP contribution in [0.15, 0.2) is 12.1 Å². The molecule has 0 fully saturated rings. The molecule has 0 aliphatic rings. The molecule has 20 heavy (non-hydrogen) atoms. The van der Waals surface area contributed by atoms with Crippen molar-refractivity contribution in [3.8, 4) is 0 Å². The van der Waals surface area contributed by atoms with E-state index >= 15 is 0 Å². The molecule has 1 heterocycles. The number of aromatic carboxylic acids is 1. The molecule has 0 amide bonds. The summed E-state index contributed by atoms with van der Waals surface area (Å²) < 4.78 is 0. The van der Waals surface area contributed by atoms with Crippen LogP contribution in [0.5, 0.6) is 0 Å². The highest BCUT2D eigenvalue weighted by Crippen LogP contribution is 2.27. The molecule has 110 valence electrons. The Morgan fingerprint density at radius 2 is 2.15 bits per heavy atom. The Bertz CT molecular complexity index is 504. The lowest BCUT2D eigenvalue weighted by atomic mass is 10.2. The normalized spacial score (nSPS) is 10.6. The van der Waals surface area contributed by atoms with Gasteiger partial charge in [0.15, 0.2) is 5.69 Å². The van der Waals surface area contributed by atoms with E-state index in [1.165, 1.54) is 0 Å². The molecule has 0 radical (unpaired) electrons. The molecule has 0 aliphatic heterocycles. The number of carbonyl (C=O) groups is 1. The second-order valence-electron chi connectivity index (χ2n) is 4.47. The highest BCUT2D eigenvalue weighted by molar-refractivity contribution is 5.86. The van der Waals surface area contributed by atoms with E-state index in [0.29, 0.717) is 13.0 Å². The van der Waals surface area contributed by atoms with Gasteiger partial charge in [-0.2, -0.15) is 0 Å². The van der Waals surface area contributed by atoms with Crippen LogP contribution in [-0.4, -0.2) is 45.3 Å². The van der Waals surface area contributed by atoms with E-state index in [9.17, 15) is 14.9 Å². The summed E-state index contributed by atoms with van der Waals surface area (Å²) in [5.74, 6) is -1.23. The number of rotatable bonds is 7. The topological polar surface area (TPSA) is 117 Å². The summed E-state index contributed by atoms with van der Waals surface area (Å²) in [4.78, 5) is 26.9. The third-order valence-electron chi connectivity index (χ3n) is 2.72. The van der Waals surface area contributed by atoms with Gasteiger partial charge in [-0.15, -0.1) is 0 Å². The van der Waals surface area contributed by atoms with Gasteiger partial charge in [0.1, 0.15) is 0 Å². The van der Waals surface area contributed by atoms with Crippen molar-refractivity contribution in [2.24, 2.45) is 0 Å². The Morgan fingerprint density at radius 1 is 1.50 bits per heavy atom. The van der Waals surface area contributed by atoms with Crippen molar-refractivity contribution in [3.63, 3.8) is 0 Å². The molecule has 8 heteroatoms. The predicted molar refractivity (Wildman–Crippen MR) is 72.0 cm³/mol. The number of aliphatic hydroxyl groups excluding tert-OH is 1. The monoisotopic (exact) mass is 283 g/mol. The van der Waals surface area contributed by atoms with Crippen LogP contribution in [0.1, 0.15) is 30.8 Å². The summed E-state index contributed by atoms with van der Waals surface area (Å²) in [5, 5.41) is 28.9. The quantitative estimate of drug-likeness (QED) is 0.571. The maximum absolute atomic E-state index is 11.0. The molecule has 1 aromatic heterocycles. The lowest BCUT2D eigenvalue weighted by molar-refractivity contribution is -0.384. The van der Waals surface area contributed by atoms with Crippen LogP contribution in [0.2, 0.25) is 0 Å². The molecule has 0 atom stereocenters. The molecule has 0 spiro atoms. The third-order valence-corrected chi connectivity index (χ3v) is 2.72. The molecule has 0 bridgehead atoms. The van der Waals surface area contributed by atoms with E-state index in [1.54, 1.807) is 4.90 Å². The summed E-state index contributed by atoms with van der Waals surface area (Å²) in [6.45, 7) is 3.92. The maximum atomic E-state index is 11.0. The van der Waals surface area contributed by atoms with E-state index < -0.39 is 10.9 Å². The fraction of sp³-hybridized carbons (Fsp3) is 0.500. The zero-order valence-electron chi connectivity index (χ0n) is 11.3. The number of aromatic nitrogens is 1. The number of hydrogen-bond donors (Lipinski definition) is 2. The first-order valence-electron chi connectivity index (χ1n) is 6.14. The molecule has 0 aliphatic carbocycles. The first-order valence-corrected chi connectivity index (χ1v) is 6.14. The van der Waals surface area contributed by atoms with E-state index in [-0.39, 0.29) is 29.8 Å². The van der Waals surface area contributed by atoms with Gasteiger partial charge in [0.25, 0.3) is 0 Å². The Labute approximate surface area is 115 Å². The Morgan fingerprint density at radius 3 is 2.60 bits per heavy atom. The number of carboxylic acid groups (broad SMARTS) is 1. The van der Waals surface area contributed by atoms with Crippen LogP contribution in [0.3, 0.4) is 0 Å². The fourth-order valence-corrected chi connectivity index (χ4v) is 1.76. The van der Waals surface area contributed by atoms with E-state index in [1.807, 2.05) is 13.8 Å². The number of pyridine rings is 1. The SMILES string of the molecule is CC(C)N(CCCO)c1nc(C(=O)O)ccc1[N+](=O)[O-]. The fourth-order valence-electron chi connectivity index (χ4n) is 1.76. The van der Waals surface area contributed by atoms with Crippen molar-refractivity contribution in [1.82, 2.24) is 4.98 Å². The van der Waals surface area contributed by atoms with Crippen LogP contribution < -0.4 is 4.90 Å². The summed E-state index contributed by atoms with van der Waals surface area (Å²) in [6, 6.07) is 2.13. The number of anilines is 1. The van der Waals surface area contributed by atoms with Gasteiger partial charge in [-0.3, -0.25) is 10.1 Å². The standard InChI is InChI=1S/C12H17N3O5/c1-8(2)14(6-3-7-16)11-10(15(19)20)5-4-9(13-11)12(17)18/h4-5,8,16H,3,6-7H2,1-2H3,(H,17,18). The predicted octanol–water partition coefficient (Wildman–Crippen LogP) is 1.29. The molecule has 0 unspecified atom stereocenters. The van der Waals surface area contributed by atoms with Gasteiger partial charge in [-0.05, 0) is 26.3 Å². The number of nitrogens with zero attached hydrogens (tertiary/aromatic N) is 3.